The Balaban J connectivity index is 1.44. The summed E-state index contributed by atoms with van der Waals surface area (Å²) in [6.07, 6.45) is 1.02. The summed E-state index contributed by atoms with van der Waals surface area (Å²) in [5, 5.41) is 0. The maximum absolute atomic E-state index is 12.9. The van der Waals surface area contributed by atoms with Gasteiger partial charge in [0, 0.05) is 32.2 Å². The van der Waals surface area contributed by atoms with Crippen molar-refractivity contribution in [3.05, 3.63) is 48.0 Å². The molecule has 4 rings (SSSR count). The highest BCUT2D eigenvalue weighted by atomic mass is 32.2. The van der Waals surface area contributed by atoms with E-state index in [9.17, 15) is 21.6 Å². The van der Waals surface area contributed by atoms with E-state index in [0.717, 1.165) is 16.1 Å². The van der Waals surface area contributed by atoms with Crippen LogP contribution in [0.2, 0.25) is 0 Å². The molecule has 0 unspecified atom stereocenters. The molecule has 2 aliphatic rings. The number of benzene rings is 2. The summed E-state index contributed by atoms with van der Waals surface area (Å²) >= 11 is 0. The molecule has 10 nitrogen and oxygen atoms in total. The van der Waals surface area contributed by atoms with E-state index in [4.69, 9.17) is 9.47 Å². The van der Waals surface area contributed by atoms with Crippen molar-refractivity contribution < 1.29 is 31.1 Å². The zero-order chi connectivity index (χ0) is 23.8. The van der Waals surface area contributed by atoms with Gasteiger partial charge in [0.05, 0.1) is 16.8 Å². The van der Waals surface area contributed by atoms with Gasteiger partial charge in [-0.15, -0.1) is 0 Å². The van der Waals surface area contributed by atoms with Gasteiger partial charge in [0.1, 0.15) is 6.54 Å². The molecule has 0 atom stereocenters. The number of piperazine rings is 1. The Kier molecular flexibility index (Phi) is 6.25. The predicted octanol–water partition coefficient (Wildman–Crippen LogP) is 1.02. The van der Waals surface area contributed by atoms with Gasteiger partial charge >= 0.3 is 0 Å². The molecule has 1 saturated heterocycles. The molecule has 33 heavy (non-hydrogen) atoms. The summed E-state index contributed by atoms with van der Waals surface area (Å²) in [6.45, 7) is 2.13. The van der Waals surface area contributed by atoms with Crippen LogP contribution in [0.3, 0.4) is 0 Å². The molecule has 0 saturated carbocycles. The number of aryl methyl sites for hydroxylation is 1. The summed E-state index contributed by atoms with van der Waals surface area (Å²) in [7, 11) is -7.42. The molecule has 0 spiro atoms. The third-order valence-electron chi connectivity index (χ3n) is 5.57. The maximum Gasteiger partial charge on any atom is 0.243 e. The molecule has 0 radical (unpaired) electrons. The highest BCUT2D eigenvalue weighted by molar-refractivity contribution is 7.92. The van der Waals surface area contributed by atoms with Gasteiger partial charge in [-0.05, 0) is 31.2 Å². The minimum Gasteiger partial charge on any atom is -0.454 e. The van der Waals surface area contributed by atoms with E-state index in [0.29, 0.717) is 11.5 Å². The van der Waals surface area contributed by atoms with Crippen molar-refractivity contribution in [1.29, 1.82) is 0 Å². The summed E-state index contributed by atoms with van der Waals surface area (Å²) in [5.74, 6) is 0.499. The molecule has 0 bridgehead atoms. The fourth-order valence-corrected chi connectivity index (χ4v) is 5.96. The summed E-state index contributed by atoms with van der Waals surface area (Å²) in [4.78, 5) is 14.6. The molecule has 0 N–H and O–H groups in total. The molecule has 12 heteroatoms. The lowest BCUT2D eigenvalue weighted by Gasteiger charge is -2.35. The summed E-state index contributed by atoms with van der Waals surface area (Å²) < 4.78 is 63.5. The number of sulfonamides is 2. The van der Waals surface area contributed by atoms with Crippen LogP contribution in [0, 0.1) is 6.92 Å². The number of hydrogen-bond donors (Lipinski definition) is 0. The third-order valence-corrected chi connectivity index (χ3v) is 8.63. The normalized spacial score (nSPS) is 16.6. The molecule has 1 fully saturated rings. The molecule has 0 aliphatic carbocycles. The standard InChI is InChI=1S/C21H25N3O7S2/c1-16-3-6-18(7-4-16)33(28,29)23-11-9-22(10-12-23)21(25)14-24(32(2,26)27)17-5-8-19-20(13-17)31-15-30-19/h3-8,13H,9-12,14-15H2,1-2H3. The van der Waals surface area contributed by atoms with Crippen molar-refractivity contribution in [3.63, 3.8) is 0 Å². The largest absolute Gasteiger partial charge is 0.454 e. The highest BCUT2D eigenvalue weighted by Gasteiger charge is 2.32. The SMILES string of the molecule is Cc1ccc(S(=O)(=O)N2CCN(C(=O)CN(c3ccc4c(c3)OCO4)S(C)(=O)=O)CC2)cc1. The average molecular weight is 496 g/mol. The van der Waals surface area contributed by atoms with Crippen molar-refractivity contribution in [2.24, 2.45) is 0 Å². The zero-order valence-electron chi connectivity index (χ0n) is 18.3. The van der Waals surface area contributed by atoms with E-state index in [-0.39, 0.29) is 43.6 Å². The Morgan fingerprint density at radius 3 is 2.21 bits per heavy atom. The number of hydrogen-bond acceptors (Lipinski definition) is 7. The van der Waals surface area contributed by atoms with Gasteiger partial charge in [0.2, 0.25) is 32.7 Å². The summed E-state index contributed by atoms with van der Waals surface area (Å²) in [6, 6.07) is 11.3. The van der Waals surface area contributed by atoms with E-state index in [2.05, 4.69) is 0 Å². The van der Waals surface area contributed by atoms with Gasteiger partial charge in [-0.2, -0.15) is 4.31 Å². The van der Waals surface area contributed by atoms with E-state index in [1.54, 1.807) is 36.4 Å². The smallest absolute Gasteiger partial charge is 0.243 e. The van der Waals surface area contributed by atoms with Crippen LogP contribution in [0.25, 0.3) is 0 Å². The Morgan fingerprint density at radius 2 is 1.58 bits per heavy atom. The fraction of sp³-hybridized carbons (Fsp3) is 0.381. The molecule has 1 amide bonds. The van der Waals surface area contributed by atoms with Crippen LogP contribution in [-0.2, 0) is 24.8 Å². The number of rotatable bonds is 6. The number of carbonyl (C=O) groups excluding carboxylic acids is 1. The maximum atomic E-state index is 12.9. The van der Waals surface area contributed by atoms with Gasteiger partial charge in [-0.25, -0.2) is 16.8 Å². The lowest BCUT2D eigenvalue weighted by atomic mass is 10.2. The number of ether oxygens (including phenoxy) is 2. The Hall–Kier alpha value is -2.83. The Bertz CT molecular complexity index is 1250. The predicted molar refractivity (Wildman–Crippen MR) is 121 cm³/mol. The van der Waals surface area contributed by atoms with Crippen LogP contribution >= 0.6 is 0 Å². The number of fused-ring (bicyclic) bond motifs is 1. The zero-order valence-corrected chi connectivity index (χ0v) is 19.9. The Labute approximate surface area is 193 Å². The van der Waals surface area contributed by atoms with Gasteiger partial charge in [-0.1, -0.05) is 17.7 Å². The lowest BCUT2D eigenvalue weighted by molar-refractivity contribution is -0.130. The molecule has 0 aromatic heterocycles. The van der Waals surface area contributed by atoms with Crippen molar-refractivity contribution in [2.75, 3.05) is 50.1 Å². The topological polar surface area (TPSA) is 114 Å². The van der Waals surface area contributed by atoms with Gasteiger partial charge in [0.15, 0.2) is 11.5 Å². The van der Waals surface area contributed by atoms with Crippen LogP contribution < -0.4 is 13.8 Å². The van der Waals surface area contributed by atoms with Crippen LogP contribution in [0.1, 0.15) is 5.56 Å². The van der Waals surface area contributed by atoms with Gasteiger partial charge in [0.25, 0.3) is 0 Å². The molecule has 2 aromatic carbocycles. The number of amides is 1. The average Bonchev–Trinajstić information content (AvgIpc) is 3.25. The minimum absolute atomic E-state index is 0.0480. The molecule has 2 heterocycles. The minimum atomic E-state index is -3.76. The number of anilines is 1. The van der Waals surface area contributed by atoms with Crippen molar-refractivity contribution >= 4 is 31.6 Å². The van der Waals surface area contributed by atoms with E-state index >= 15 is 0 Å². The van der Waals surface area contributed by atoms with Crippen LogP contribution in [0.5, 0.6) is 11.5 Å². The first-order valence-electron chi connectivity index (χ1n) is 10.3. The molecule has 178 valence electrons. The van der Waals surface area contributed by atoms with Gasteiger partial charge < -0.3 is 14.4 Å². The van der Waals surface area contributed by atoms with Crippen LogP contribution in [0.4, 0.5) is 5.69 Å². The van der Waals surface area contributed by atoms with Crippen LogP contribution in [-0.4, -0.2) is 77.7 Å². The fourth-order valence-electron chi connectivity index (χ4n) is 3.70. The monoisotopic (exact) mass is 495 g/mol. The van der Waals surface area contributed by atoms with Crippen molar-refractivity contribution in [1.82, 2.24) is 9.21 Å². The van der Waals surface area contributed by atoms with E-state index in [1.165, 1.54) is 15.3 Å². The first kappa shape index (κ1) is 23.3. The molecule has 2 aromatic rings. The Morgan fingerprint density at radius 1 is 0.939 bits per heavy atom. The third kappa shape index (κ3) is 4.92. The van der Waals surface area contributed by atoms with E-state index in [1.807, 2.05) is 6.92 Å². The second-order valence-corrected chi connectivity index (χ2v) is 11.7. The van der Waals surface area contributed by atoms with Crippen LogP contribution in [0.15, 0.2) is 47.4 Å². The van der Waals surface area contributed by atoms with Crippen molar-refractivity contribution in [2.45, 2.75) is 11.8 Å². The lowest BCUT2D eigenvalue weighted by Crippen LogP contribution is -2.53. The number of nitrogens with zero attached hydrogens (tertiary/aromatic N) is 3. The highest BCUT2D eigenvalue weighted by Crippen LogP contribution is 2.36. The first-order valence-corrected chi connectivity index (χ1v) is 13.6. The molecular weight excluding hydrogens is 470 g/mol. The van der Waals surface area contributed by atoms with Gasteiger partial charge in [-0.3, -0.25) is 9.10 Å². The second kappa shape index (κ2) is 8.84. The summed E-state index contributed by atoms with van der Waals surface area (Å²) in [5.41, 5.74) is 1.25. The quantitative estimate of drug-likeness (QED) is 0.588. The number of carbonyl (C=O) groups is 1. The second-order valence-electron chi connectivity index (χ2n) is 7.91. The molecule has 2 aliphatic heterocycles. The van der Waals surface area contributed by atoms with E-state index < -0.39 is 32.5 Å². The first-order chi connectivity index (χ1) is 15.6. The van der Waals surface area contributed by atoms with Crippen molar-refractivity contribution in [3.8, 4) is 11.5 Å². The molecular formula is C21H25N3O7S2.